The summed E-state index contributed by atoms with van der Waals surface area (Å²) in [5.74, 6) is 1.29. The molecule has 0 heterocycles. The van der Waals surface area contributed by atoms with Crippen molar-refractivity contribution in [3.63, 3.8) is 0 Å². The zero-order chi connectivity index (χ0) is 19.9. The second kappa shape index (κ2) is 14.9. The average molecular weight is 374 g/mol. The van der Waals surface area contributed by atoms with E-state index in [4.69, 9.17) is 5.73 Å². The highest BCUT2D eigenvalue weighted by molar-refractivity contribution is 7.80. The van der Waals surface area contributed by atoms with Gasteiger partial charge in [-0.1, -0.05) is 75.8 Å². The van der Waals surface area contributed by atoms with Crippen molar-refractivity contribution >= 4 is 12.6 Å². The summed E-state index contributed by atoms with van der Waals surface area (Å²) in [6.45, 7) is 13.6. The first-order valence-electron chi connectivity index (χ1n) is 9.89. The second-order valence-electron chi connectivity index (χ2n) is 6.58. The molecule has 0 bridgehead atoms. The zero-order valence-corrected chi connectivity index (χ0v) is 18.6. The summed E-state index contributed by atoms with van der Waals surface area (Å²) >= 11 is 4.21. The summed E-state index contributed by atoms with van der Waals surface area (Å²) in [5, 5.41) is 0. The van der Waals surface area contributed by atoms with E-state index in [0.29, 0.717) is 5.92 Å². The predicted octanol–water partition coefficient (Wildman–Crippen LogP) is 6.65. The van der Waals surface area contributed by atoms with Gasteiger partial charge in [0.05, 0.1) is 0 Å². The first kappa shape index (κ1) is 24.8. The number of benzene rings is 1. The lowest BCUT2D eigenvalue weighted by Gasteiger charge is -2.13. The average Bonchev–Trinajstić information content (AvgIpc) is 2.68. The van der Waals surface area contributed by atoms with Gasteiger partial charge in [0.15, 0.2) is 0 Å². The minimum atomic E-state index is 0.478. The molecular weight excluding hydrogens is 334 g/mol. The van der Waals surface area contributed by atoms with Crippen LogP contribution in [0.1, 0.15) is 70.6 Å². The normalized spacial score (nSPS) is 13.5. The Morgan fingerprint density at radius 1 is 1.12 bits per heavy atom. The van der Waals surface area contributed by atoms with Gasteiger partial charge in [-0.15, -0.1) is 0 Å². The first-order chi connectivity index (χ1) is 12.5. The maximum Gasteiger partial charge on any atom is 0.0151 e. The van der Waals surface area contributed by atoms with Crippen LogP contribution in [-0.2, 0) is 12.8 Å². The molecule has 1 nitrogen and oxygen atoms in total. The van der Waals surface area contributed by atoms with Crippen molar-refractivity contribution in [3.8, 4) is 0 Å². The summed E-state index contributed by atoms with van der Waals surface area (Å²) in [4.78, 5) is 0. The van der Waals surface area contributed by atoms with Crippen LogP contribution in [0.25, 0.3) is 0 Å². The molecule has 0 aromatic heterocycles. The van der Waals surface area contributed by atoms with E-state index in [1.54, 1.807) is 0 Å². The van der Waals surface area contributed by atoms with Crippen LogP contribution in [0.4, 0.5) is 0 Å². The molecule has 1 aromatic rings. The molecule has 0 aliphatic heterocycles. The third-order valence-electron chi connectivity index (χ3n) is 4.55. The molecule has 1 atom stereocenters. The summed E-state index contributed by atoms with van der Waals surface area (Å²) in [6.07, 6.45) is 11.9. The monoisotopic (exact) mass is 373 g/mol. The van der Waals surface area contributed by atoms with Crippen LogP contribution in [-0.4, -0.2) is 12.3 Å². The molecule has 0 radical (unpaired) electrons. The van der Waals surface area contributed by atoms with Gasteiger partial charge in [0.2, 0.25) is 0 Å². The Kier molecular flexibility index (Phi) is 14.2. The van der Waals surface area contributed by atoms with Crippen LogP contribution in [0.15, 0.2) is 53.6 Å². The van der Waals surface area contributed by atoms with Crippen molar-refractivity contribution in [2.24, 2.45) is 5.73 Å². The fraction of sp³-hybridized carbons (Fsp3) is 0.500. The van der Waals surface area contributed by atoms with E-state index in [9.17, 15) is 0 Å². The van der Waals surface area contributed by atoms with Gasteiger partial charge in [-0.2, -0.15) is 12.6 Å². The van der Waals surface area contributed by atoms with E-state index in [1.807, 2.05) is 6.92 Å². The van der Waals surface area contributed by atoms with Gasteiger partial charge in [0.1, 0.15) is 0 Å². The fourth-order valence-electron chi connectivity index (χ4n) is 2.63. The van der Waals surface area contributed by atoms with Crippen LogP contribution < -0.4 is 5.73 Å². The standard InChI is InChI=1S/C13H21N.C11H18S/c1-4-11-6-7-13(10(3)9-14)8-12(11)5-2;1-4-6-10(3)7-8-11(5-2)9-12/h6-8,10H,4-5,9,14H2,1-3H3;5-8,12H,4,9H2,1-3H3/b;8-7-,10-6+,11-5+. The van der Waals surface area contributed by atoms with Crippen LogP contribution in [0.2, 0.25) is 0 Å². The number of thiol groups is 1. The van der Waals surface area contributed by atoms with Crippen LogP contribution in [0, 0.1) is 0 Å². The second-order valence-corrected chi connectivity index (χ2v) is 6.90. The largest absolute Gasteiger partial charge is 0.330 e. The predicted molar refractivity (Wildman–Crippen MR) is 123 cm³/mol. The van der Waals surface area contributed by atoms with Gasteiger partial charge < -0.3 is 5.73 Å². The maximum absolute atomic E-state index is 5.67. The SMILES string of the molecule is CCc1ccc(C(C)CN)cc1CC.C\C=C(/C=C\C(C)=C\CC)CS. The van der Waals surface area contributed by atoms with Gasteiger partial charge in [0.25, 0.3) is 0 Å². The number of rotatable bonds is 8. The van der Waals surface area contributed by atoms with Crippen LogP contribution >= 0.6 is 12.6 Å². The summed E-state index contributed by atoms with van der Waals surface area (Å²) in [7, 11) is 0. The summed E-state index contributed by atoms with van der Waals surface area (Å²) in [6, 6.07) is 6.78. The highest BCUT2D eigenvalue weighted by Crippen LogP contribution is 2.19. The Hall–Kier alpha value is -1.25. The number of hydrogen-bond acceptors (Lipinski definition) is 2. The molecule has 26 heavy (non-hydrogen) atoms. The van der Waals surface area contributed by atoms with Gasteiger partial charge in [-0.05, 0) is 67.8 Å². The molecule has 0 amide bonds. The molecule has 1 rings (SSSR count). The Morgan fingerprint density at radius 3 is 2.23 bits per heavy atom. The van der Waals surface area contributed by atoms with E-state index < -0.39 is 0 Å². The van der Waals surface area contributed by atoms with Crippen molar-refractivity contribution in [2.45, 2.75) is 66.7 Å². The molecule has 1 aromatic carbocycles. The van der Waals surface area contributed by atoms with Crippen molar-refractivity contribution in [1.29, 1.82) is 0 Å². The van der Waals surface area contributed by atoms with Crippen molar-refractivity contribution < 1.29 is 0 Å². The third-order valence-corrected chi connectivity index (χ3v) is 4.92. The quantitative estimate of drug-likeness (QED) is 0.387. The Morgan fingerprint density at radius 2 is 1.77 bits per heavy atom. The molecule has 1 unspecified atom stereocenters. The summed E-state index contributed by atoms with van der Waals surface area (Å²) in [5.41, 5.74) is 12.6. The van der Waals surface area contributed by atoms with Gasteiger partial charge in [0, 0.05) is 5.75 Å². The topological polar surface area (TPSA) is 26.0 Å². The number of allylic oxidation sites excluding steroid dienone is 5. The first-order valence-corrected chi connectivity index (χ1v) is 10.5. The Labute approximate surface area is 167 Å². The molecule has 0 aliphatic carbocycles. The van der Waals surface area contributed by atoms with Crippen molar-refractivity contribution in [2.75, 3.05) is 12.3 Å². The smallest absolute Gasteiger partial charge is 0.0151 e. The van der Waals surface area contributed by atoms with Gasteiger partial charge >= 0.3 is 0 Å². The van der Waals surface area contributed by atoms with Crippen molar-refractivity contribution in [3.05, 3.63) is 70.3 Å². The Bertz CT molecular complexity index is 596. The molecular formula is C24H39NS. The lowest BCUT2D eigenvalue weighted by molar-refractivity contribution is 0.771. The van der Waals surface area contributed by atoms with Crippen LogP contribution in [0.3, 0.4) is 0 Å². The molecule has 2 heteroatoms. The highest BCUT2D eigenvalue weighted by atomic mass is 32.1. The van der Waals surface area contributed by atoms with E-state index in [1.165, 1.54) is 27.8 Å². The van der Waals surface area contributed by atoms with Crippen LogP contribution in [0.5, 0.6) is 0 Å². The number of hydrogen-bond donors (Lipinski definition) is 2. The third kappa shape index (κ3) is 9.45. The lowest BCUT2D eigenvalue weighted by Crippen LogP contribution is -2.09. The van der Waals surface area contributed by atoms with E-state index in [0.717, 1.165) is 31.6 Å². The van der Waals surface area contributed by atoms with E-state index in [-0.39, 0.29) is 0 Å². The maximum atomic E-state index is 5.67. The number of aryl methyl sites for hydroxylation is 2. The van der Waals surface area contributed by atoms with E-state index in [2.05, 4.69) is 89.8 Å². The minimum absolute atomic E-state index is 0.478. The van der Waals surface area contributed by atoms with Gasteiger partial charge in [-0.25, -0.2) is 0 Å². The van der Waals surface area contributed by atoms with Gasteiger partial charge in [-0.3, -0.25) is 0 Å². The molecule has 0 fully saturated rings. The Balaban J connectivity index is 0.000000488. The van der Waals surface area contributed by atoms with E-state index >= 15 is 0 Å². The molecule has 146 valence electrons. The highest BCUT2D eigenvalue weighted by Gasteiger charge is 2.05. The molecule has 0 spiro atoms. The minimum Gasteiger partial charge on any atom is -0.330 e. The molecule has 2 N–H and O–H groups in total. The lowest BCUT2D eigenvalue weighted by atomic mass is 9.94. The molecule has 0 aliphatic rings. The summed E-state index contributed by atoms with van der Waals surface area (Å²) < 4.78 is 0. The number of nitrogens with two attached hydrogens (primary N) is 1. The zero-order valence-electron chi connectivity index (χ0n) is 17.7. The fourth-order valence-corrected chi connectivity index (χ4v) is 2.92. The molecule has 0 saturated heterocycles. The van der Waals surface area contributed by atoms with Crippen molar-refractivity contribution in [1.82, 2.24) is 0 Å². The molecule has 0 saturated carbocycles.